The van der Waals surface area contributed by atoms with E-state index in [1.54, 1.807) is 0 Å². The van der Waals surface area contributed by atoms with Crippen LogP contribution in [0.1, 0.15) is 69.3 Å². The van der Waals surface area contributed by atoms with E-state index >= 15 is 0 Å². The van der Waals surface area contributed by atoms with Crippen LogP contribution >= 0.6 is 22.6 Å². The zero-order chi connectivity index (χ0) is 19.9. The number of alkyl halides is 1. The van der Waals surface area contributed by atoms with Crippen LogP contribution in [0.3, 0.4) is 0 Å². The predicted molar refractivity (Wildman–Crippen MR) is 125 cm³/mol. The van der Waals surface area contributed by atoms with Crippen molar-refractivity contribution in [3.63, 3.8) is 0 Å². The average Bonchev–Trinajstić information content (AvgIpc) is 2.67. The fourth-order valence-electron chi connectivity index (χ4n) is 3.18. The van der Waals surface area contributed by atoms with Crippen LogP contribution in [0.4, 0.5) is 5.69 Å². The lowest BCUT2D eigenvalue weighted by molar-refractivity contribution is -0.124. The number of hydrogen-bond acceptors (Lipinski definition) is 1. The van der Waals surface area contributed by atoms with Gasteiger partial charge < -0.3 is 5.32 Å². The second-order valence-corrected chi connectivity index (χ2v) is 9.37. The molecule has 27 heavy (non-hydrogen) atoms. The van der Waals surface area contributed by atoms with E-state index in [9.17, 15) is 4.79 Å². The monoisotopic (exact) mass is 477 g/mol. The molecule has 0 aliphatic rings. The molecule has 1 unspecified atom stereocenters. The molecule has 2 rings (SSSR count). The Bertz CT molecular complexity index is 739. The highest BCUT2D eigenvalue weighted by molar-refractivity contribution is 14.1. The number of nitrogens with one attached hydrogen (secondary N) is 1. The van der Waals surface area contributed by atoms with Gasteiger partial charge >= 0.3 is 0 Å². The summed E-state index contributed by atoms with van der Waals surface area (Å²) >= 11 is 2.51. The quantitative estimate of drug-likeness (QED) is 0.290. The fourth-order valence-corrected chi connectivity index (χ4v) is 4.32. The van der Waals surface area contributed by atoms with Crippen molar-refractivity contribution in [2.75, 3.05) is 5.32 Å². The highest BCUT2D eigenvalue weighted by Gasteiger charge is 2.28. The number of rotatable bonds is 9. The summed E-state index contributed by atoms with van der Waals surface area (Å²) in [5.74, 6) is 0.116. The Morgan fingerprint density at radius 3 is 2.37 bits per heavy atom. The number of amides is 1. The summed E-state index contributed by atoms with van der Waals surface area (Å²) in [6.07, 6.45) is 5.32. The van der Waals surface area contributed by atoms with E-state index in [2.05, 4.69) is 84.2 Å². The van der Waals surface area contributed by atoms with Crippen LogP contribution in [0.5, 0.6) is 0 Å². The largest absolute Gasteiger partial charge is 0.325 e. The molecule has 0 aliphatic heterocycles. The lowest BCUT2D eigenvalue weighted by Crippen LogP contribution is -2.31. The van der Waals surface area contributed by atoms with Gasteiger partial charge in [0.1, 0.15) is 0 Å². The SMILES string of the molecule is CCCCC(C)(C)C(=O)Nc1ccc(-c2ccccc2)cc1C(I)CCC. The molecular formula is C24H32INO. The predicted octanol–water partition coefficient (Wildman–Crippen LogP) is 7.78. The third kappa shape index (κ3) is 6.06. The molecule has 0 saturated carbocycles. The maximum absolute atomic E-state index is 12.9. The van der Waals surface area contributed by atoms with Crippen LogP contribution < -0.4 is 5.32 Å². The van der Waals surface area contributed by atoms with Crippen molar-refractivity contribution < 1.29 is 4.79 Å². The lowest BCUT2D eigenvalue weighted by atomic mass is 9.86. The Morgan fingerprint density at radius 1 is 1.04 bits per heavy atom. The molecule has 0 spiro atoms. The van der Waals surface area contributed by atoms with Crippen molar-refractivity contribution in [1.29, 1.82) is 0 Å². The zero-order valence-corrected chi connectivity index (χ0v) is 19.2. The lowest BCUT2D eigenvalue weighted by Gasteiger charge is -2.25. The molecule has 0 aromatic heterocycles. The highest BCUT2D eigenvalue weighted by atomic mass is 127. The molecule has 2 nitrogen and oxygen atoms in total. The molecule has 2 aromatic carbocycles. The van der Waals surface area contributed by atoms with Crippen LogP contribution in [0.15, 0.2) is 48.5 Å². The summed E-state index contributed by atoms with van der Waals surface area (Å²) in [5, 5.41) is 3.23. The first-order valence-corrected chi connectivity index (χ1v) is 11.3. The van der Waals surface area contributed by atoms with E-state index in [4.69, 9.17) is 0 Å². The minimum Gasteiger partial charge on any atom is -0.325 e. The van der Waals surface area contributed by atoms with Crippen LogP contribution in [0.2, 0.25) is 0 Å². The third-order valence-corrected chi connectivity index (χ3v) is 6.35. The number of anilines is 1. The molecule has 1 atom stereocenters. The summed E-state index contributed by atoms with van der Waals surface area (Å²) in [6.45, 7) is 8.46. The van der Waals surface area contributed by atoms with E-state index in [1.807, 2.05) is 19.9 Å². The molecule has 0 radical (unpaired) electrons. The summed E-state index contributed by atoms with van der Waals surface area (Å²) in [7, 11) is 0. The van der Waals surface area contributed by atoms with Crippen LogP contribution in [0.25, 0.3) is 11.1 Å². The standard InChI is InChI=1S/C24H32INO/c1-5-7-16-24(3,4)23(27)26-22-15-14-19(18-12-9-8-10-13-18)17-20(22)21(25)11-6-2/h8-10,12-15,17,21H,5-7,11,16H2,1-4H3,(H,26,27). The van der Waals surface area contributed by atoms with E-state index in [1.165, 1.54) is 16.7 Å². The molecular weight excluding hydrogens is 445 g/mol. The van der Waals surface area contributed by atoms with Gasteiger partial charge in [0.25, 0.3) is 0 Å². The summed E-state index contributed by atoms with van der Waals surface area (Å²) in [5.41, 5.74) is 4.24. The summed E-state index contributed by atoms with van der Waals surface area (Å²) in [4.78, 5) is 12.9. The normalized spacial score (nSPS) is 12.6. The van der Waals surface area contributed by atoms with Crippen molar-refractivity contribution in [2.45, 2.75) is 63.7 Å². The molecule has 0 saturated heterocycles. The van der Waals surface area contributed by atoms with Gasteiger partial charge in [-0.1, -0.05) is 106 Å². The number of halogens is 1. The molecule has 0 heterocycles. The van der Waals surface area contributed by atoms with Gasteiger partial charge in [0.15, 0.2) is 0 Å². The molecule has 0 aliphatic carbocycles. The third-order valence-electron chi connectivity index (χ3n) is 5.06. The van der Waals surface area contributed by atoms with E-state index in [0.717, 1.165) is 37.8 Å². The number of carbonyl (C=O) groups excluding carboxylic acids is 1. The van der Waals surface area contributed by atoms with Gasteiger partial charge in [-0.3, -0.25) is 4.79 Å². The Labute approximate surface area is 178 Å². The second-order valence-electron chi connectivity index (χ2n) is 7.87. The molecule has 1 amide bonds. The Hall–Kier alpha value is -1.36. The van der Waals surface area contributed by atoms with E-state index in [0.29, 0.717) is 3.92 Å². The van der Waals surface area contributed by atoms with Crippen molar-refractivity contribution in [3.8, 4) is 11.1 Å². The van der Waals surface area contributed by atoms with Gasteiger partial charge in [-0.15, -0.1) is 0 Å². The second kappa shape index (κ2) is 10.3. The molecule has 0 fully saturated rings. The number of unbranched alkanes of at least 4 members (excludes halogenated alkanes) is 1. The number of benzene rings is 2. The average molecular weight is 477 g/mol. The van der Waals surface area contributed by atoms with Crippen molar-refractivity contribution in [3.05, 3.63) is 54.1 Å². The minimum absolute atomic E-state index is 0.116. The number of carbonyl (C=O) groups is 1. The van der Waals surface area contributed by atoms with Crippen LogP contribution in [-0.4, -0.2) is 5.91 Å². The maximum atomic E-state index is 12.9. The molecule has 1 N–H and O–H groups in total. The van der Waals surface area contributed by atoms with E-state index < -0.39 is 0 Å². The molecule has 3 heteroatoms. The van der Waals surface area contributed by atoms with Crippen molar-refractivity contribution >= 4 is 34.2 Å². The summed E-state index contributed by atoms with van der Waals surface area (Å²) in [6, 6.07) is 16.9. The first kappa shape index (κ1) is 21.9. The van der Waals surface area contributed by atoms with E-state index in [-0.39, 0.29) is 11.3 Å². The van der Waals surface area contributed by atoms with Gasteiger partial charge in [0.2, 0.25) is 5.91 Å². The van der Waals surface area contributed by atoms with Gasteiger partial charge in [0, 0.05) is 15.0 Å². The van der Waals surface area contributed by atoms with Gasteiger partial charge in [0.05, 0.1) is 0 Å². The molecule has 2 aromatic rings. The first-order chi connectivity index (χ1) is 12.9. The minimum atomic E-state index is -0.350. The Balaban J connectivity index is 2.33. The zero-order valence-electron chi connectivity index (χ0n) is 17.0. The smallest absolute Gasteiger partial charge is 0.230 e. The summed E-state index contributed by atoms with van der Waals surface area (Å²) < 4.78 is 0.380. The molecule has 146 valence electrons. The molecule has 0 bridgehead atoms. The van der Waals surface area contributed by atoms with Crippen molar-refractivity contribution in [2.24, 2.45) is 5.41 Å². The number of hydrogen-bond donors (Lipinski definition) is 1. The fraction of sp³-hybridized carbons (Fsp3) is 0.458. The van der Waals surface area contributed by atoms with Crippen LogP contribution in [0, 0.1) is 5.41 Å². The maximum Gasteiger partial charge on any atom is 0.230 e. The van der Waals surface area contributed by atoms with Gasteiger partial charge in [-0.2, -0.15) is 0 Å². The van der Waals surface area contributed by atoms with Gasteiger partial charge in [-0.25, -0.2) is 0 Å². The van der Waals surface area contributed by atoms with Gasteiger partial charge in [-0.05, 0) is 41.7 Å². The van der Waals surface area contributed by atoms with Crippen LogP contribution in [-0.2, 0) is 4.79 Å². The Kier molecular flexibility index (Phi) is 8.33. The topological polar surface area (TPSA) is 29.1 Å². The van der Waals surface area contributed by atoms with Crippen molar-refractivity contribution in [1.82, 2.24) is 0 Å². The highest BCUT2D eigenvalue weighted by Crippen LogP contribution is 2.37. The Morgan fingerprint density at radius 2 is 1.74 bits per heavy atom. The first-order valence-electron chi connectivity index (χ1n) is 10.0.